The number of hydrogen-bond acceptors (Lipinski definition) is 3. The van der Waals surface area contributed by atoms with Gasteiger partial charge in [-0.25, -0.2) is 0 Å². The van der Waals surface area contributed by atoms with Crippen LogP contribution in [0, 0.1) is 5.92 Å². The Morgan fingerprint density at radius 1 is 1.46 bits per heavy atom. The lowest BCUT2D eigenvalue weighted by atomic mass is 9.85. The zero-order valence-corrected chi connectivity index (χ0v) is 7.84. The molecule has 1 rings (SSSR count). The molecule has 0 unspecified atom stereocenters. The Morgan fingerprint density at radius 2 is 2.15 bits per heavy atom. The van der Waals surface area contributed by atoms with Gasteiger partial charge >= 0.3 is 5.97 Å². The standard InChI is InChI=1S/C9H15NO3/c1-13-9(12)5-8(11)10-6-7-3-2-4-7/h7H,2-6H2,1H3,(H,10,11). The van der Waals surface area contributed by atoms with Crippen LogP contribution < -0.4 is 5.32 Å². The molecule has 1 saturated carbocycles. The van der Waals surface area contributed by atoms with Crippen LogP contribution in [0.15, 0.2) is 0 Å². The van der Waals surface area contributed by atoms with Crippen molar-refractivity contribution in [2.24, 2.45) is 5.92 Å². The molecule has 1 N–H and O–H groups in total. The third kappa shape index (κ3) is 3.44. The Balaban J connectivity index is 2.06. The number of methoxy groups -OCH3 is 1. The molecule has 0 radical (unpaired) electrons. The number of carbonyl (C=O) groups is 2. The van der Waals surface area contributed by atoms with Gasteiger partial charge in [0.25, 0.3) is 0 Å². The molecule has 74 valence electrons. The third-order valence-electron chi connectivity index (χ3n) is 2.35. The summed E-state index contributed by atoms with van der Waals surface area (Å²) in [5.41, 5.74) is 0. The van der Waals surface area contributed by atoms with E-state index in [1.807, 2.05) is 0 Å². The van der Waals surface area contributed by atoms with Crippen LogP contribution in [0.5, 0.6) is 0 Å². The monoisotopic (exact) mass is 185 g/mol. The maximum atomic E-state index is 11.0. The lowest BCUT2D eigenvalue weighted by Crippen LogP contribution is -2.33. The lowest BCUT2D eigenvalue weighted by molar-refractivity contribution is -0.143. The van der Waals surface area contributed by atoms with Crippen LogP contribution in [0.4, 0.5) is 0 Å². The van der Waals surface area contributed by atoms with E-state index in [1.165, 1.54) is 26.4 Å². The van der Waals surface area contributed by atoms with E-state index in [9.17, 15) is 9.59 Å². The molecule has 4 nitrogen and oxygen atoms in total. The minimum absolute atomic E-state index is 0.163. The molecule has 0 atom stereocenters. The highest BCUT2D eigenvalue weighted by molar-refractivity contribution is 5.94. The zero-order valence-electron chi connectivity index (χ0n) is 7.84. The van der Waals surface area contributed by atoms with Crippen molar-refractivity contribution in [3.63, 3.8) is 0 Å². The highest BCUT2D eigenvalue weighted by Gasteiger charge is 2.18. The summed E-state index contributed by atoms with van der Waals surface area (Å²) in [6.07, 6.45) is 3.48. The first-order chi connectivity index (χ1) is 6.22. The van der Waals surface area contributed by atoms with E-state index < -0.39 is 5.97 Å². The smallest absolute Gasteiger partial charge is 0.315 e. The average molecular weight is 185 g/mol. The van der Waals surface area contributed by atoms with E-state index in [1.54, 1.807) is 0 Å². The molecule has 0 aromatic carbocycles. The van der Waals surface area contributed by atoms with Crippen LogP contribution in [0.1, 0.15) is 25.7 Å². The normalized spacial score (nSPS) is 16.1. The maximum Gasteiger partial charge on any atom is 0.315 e. The summed E-state index contributed by atoms with van der Waals surface area (Å²) in [4.78, 5) is 21.7. The summed E-state index contributed by atoms with van der Waals surface area (Å²) in [6.45, 7) is 0.704. The van der Waals surface area contributed by atoms with Crippen molar-refractivity contribution < 1.29 is 14.3 Å². The topological polar surface area (TPSA) is 55.4 Å². The van der Waals surface area contributed by atoms with Gasteiger partial charge in [-0.15, -0.1) is 0 Å². The quantitative estimate of drug-likeness (QED) is 0.511. The Kier molecular flexibility index (Phi) is 3.73. The first-order valence-corrected chi connectivity index (χ1v) is 4.56. The summed E-state index contributed by atoms with van der Waals surface area (Å²) < 4.78 is 4.37. The first kappa shape index (κ1) is 10.0. The second kappa shape index (κ2) is 4.84. The van der Waals surface area contributed by atoms with Gasteiger partial charge in [-0.05, 0) is 18.8 Å². The van der Waals surface area contributed by atoms with E-state index in [-0.39, 0.29) is 12.3 Å². The molecule has 1 aliphatic rings. The van der Waals surface area contributed by atoms with Gasteiger partial charge in [0, 0.05) is 6.54 Å². The molecule has 0 saturated heterocycles. The van der Waals surface area contributed by atoms with Crippen molar-refractivity contribution in [2.75, 3.05) is 13.7 Å². The van der Waals surface area contributed by atoms with Gasteiger partial charge in [0.05, 0.1) is 7.11 Å². The third-order valence-corrected chi connectivity index (χ3v) is 2.35. The molecule has 4 heteroatoms. The SMILES string of the molecule is COC(=O)CC(=O)NCC1CCC1. The highest BCUT2D eigenvalue weighted by Crippen LogP contribution is 2.25. The van der Waals surface area contributed by atoms with Crippen LogP contribution in [-0.2, 0) is 14.3 Å². The number of esters is 1. The number of carbonyl (C=O) groups excluding carboxylic acids is 2. The van der Waals surface area contributed by atoms with Gasteiger partial charge in [-0.2, -0.15) is 0 Å². The summed E-state index contributed by atoms with van der Waals surface area (Å²) in [5.74, 6) is -0.0912. The predicted octanol–water partition coefficient (Wildman–Crippen LogP) is 0.466. The molecule has 0 aliphatic heterocycles. The Labute approximate surface area is 77.6 Å². The number of nitrogens with one attached hydrogen (secondary N) is 1. The number of hydrogen-bond donors (Lipinski definition) is 1. The van der Waals surface area contributed by atoms with Crippen molar-refractivity contribution in [1.82, 2.24) is 5.32 Å². The van der Waals surface area contributed by atoms with Gasteiger partial charge in [-0.1, -0.05) is 6.42 Å². The fraction of sp³-hybridized carbons (Fsp3) is 0.778. The van der Waals surface area contributed by atoms with Gasteiger partial charge in [0.2, 0.25) is 5.91 Å². The Bertz CT molecular complexity index is 199. The van der Waals surface area contributed by atoms with Crippen molar-refractivity contribution in [3.05, 3.63) is 0 Å². The maximum absolute atomic E-state index is 11.0. The lowest BCUT2D eigenvalue weighted by Gasteiger charge is -2.25. The van der Waals surface area contributed by atoms with Crippen LogP contribution in [-0.4, -0.2) is 25.5 Å². The molecule has 0 spiro atoms. The van der Waals surface area contributed by atoms with Gasteiger partial charge in [0.1, 0.15) is 6.42 Å². The molecule has 1 fully saturated rings. The second-order valence-corrected chi connectivity index (χ2v) is 3.35. The summed E-state index contributed by atoms with van der Waals surface area (Å²) in [6, 6.07) is 0. The highest BCUT2D eigenvalue weighted by atomic mass is 16.5. The van der Waals surface area contributed by atoms with Crippen molar-refractivity contribution >= 4 is 11.9 Å². The van der Waals surface area contributed by atoms with Crippen LogP contribution in [0.25, 0.3) is 0 Å². The Morgan fingerprint density at radius 3 is 2.62 bits per heavy atom. The van der Waals surface area contributed by atoms with E-state index in [0.717, 1.165) is 0 Å². The largest absolute Gasteiger partial charge is 0.469 e. The molecular weight excluding hydrogens is 170 g/mol. The van der Waals surface area contributed by atoms with E-state index in [4.69, 9.17) is 0 Å². The molecule has 1 amide bonds. The van der Waals surface area contributed by atoms with E-state index in [0.29, 0.717) is 12.5 Å². The van der Waals surface area contributed by atoms with Crippen LogP contribution in [0.2, 0.25) is 0 Å². The molecule has 0 heterocycles. The summed E-state index contributed by atoms with van der Waals surface area (Å²) >= 11 is 0. The molecule has 0 bridgehead atoms. The molecular formula is C9H15NO3. The first-order valence-electron chi connectivity index (χ1n) is 4.56. The van der Waals surface area contributed by atoms with Gasteiger partial charge in [-0.3, -0.25) is 9.59 Å². The molecule has 0 aromatic heterocycles. The summed E-state index contributed by atoms with van der Waals surface area (Å²) in [7, 11) is 1.28. The van der Waals surface area contributed by atoms with E-state index in [2.05, 4.69) is 10.1 Å². The zero-order chi connectivity index (χ0) is 9.68. The van der Waals surface area contributed by atoms with Crippen LogP contribution in [0.3, 0.4) is 0 Å². The fourth-order valence-electron chi connectivity index (χ4n) is 1.22. The molecule has 13 heavy (non-hydrogen) atoms. The minimum Gasteiger partial charge on any atom is -0.469 e. The van der Waals surface area contributed by atoms with Crippen molar-refractivity contribution in [1.29, 1.82) is 0 Å². The molecule has 1 aliphatic carbocycles. The fourth-order valence-corrected chi connectivity index (χ4v) is 1.22. The van der Waals surface area contributed by atoms with Crippen LogP contribution >= 0.6 is 0 Å². The second-order valence-electron chi connectivity index (χ2n) is 3.35. The average Bonchev–Trinajstić information content (AvgIpc) is 2.01. The van der Waals surface area contributed by atoms with Crippen molar-refractivity contribution in [3.8, 4) is 0 Å². The molecule has 0 aromatic rings. The predicted molar refractivity (Wildman–Crippen MR) is 47.0 cm³/mol. The van der Waals surface area contributed by atoms with E-state index >= 15 is 0 Å². The van der Waals surface area contributed by atoms with Crippen molar-refractivity contribution in [2.45, 2.75) is 25.7 Å². The Hall–Kier alpha value is -1.06. The number of ether oxygens (including phenoxy) is 1. The minimum atomic E-state index is -0.480. The number of amides is 1. The number of rotatable bonds is 4. The van der Waals surface area contributed by atoms with Gasteiger partial charge in [0.15, 0.2) is 0 Å². The summed E-state index contributed by atoms with van der Waals surface area (Å²) in [5, 5.41) is 2.71. The van der Waals surface area contributed by atoms with Gasteiger partial charge < -0.3 is 10.1 Å².